The van der Waals surface area contributed by atoms with Crippen molar-refractivity contribution in [1.29, 1.82) is 0 Å². The number of carbonyl (C=O) groups is 2. The largest absolute Gasteiger partial charge is 0.490 e. The van der Waals surface area contributed by atoms with Gasteiger partial charge >= 0.3 is 0 Å². The number of carbonyl (C=O) groups excluding carboxylic acids is 2. The molecule has 202 valence electrons. The Bertz CT molecular complexity index is 1560. The summed E-state index contributed by atoms with van der Waals surface area (Å²) < 4.78 is 6.00. The van der Waals surface area contributed by atoms with Crippen LogP contribution in [0, 0.1) is 0 Å². The van der Waals surface area contributed by atoms with Crippen molar-refractivity contribution in [2.24, 2.45) is 0 Å². The number of aryl methyl sites for hydroxylation is 1. The highest BCUT2D eigenvalue weighted by molar-refractivity contribution is 6.34. The first kappa shape index (κ1) is 26.8. The normalized spacial score (nSPS) is 16.7. The van der Waals surface area contributed by atoms with Gasteiger partial charge < -0.3 is 25.5 Å². The van der Waals surface area contributed by atoms with E-state index in [1.807, 2.05) is 38.1 Å². The molecule has 1 unspecified atom stereocenters. The van der Waals surface area contributed by atoms with Crippen molar-refractivity contribution in [1.82, 2.24) is 15.6 Å². The Morgan fingerprint density at radius 3 is 2.51 bits per heavy atom. The molecule has 3 aromatic carbocycles. The van der Waals surface area contributed by atoms with Gasteiger partial charge in [0.05, 0.1) is 34.4 Å². The van der Waals surface area contributed by atoms with Gasteiger partial charge in [-0.15, -0.1) is 0 Å². The Labute approximate surface area is 232 Å². The van der Waals surface area contributed by atoms with E-state index in [9.17, 15) is 14.7 Å². The second-order valence-corrected chi connectivity index (χ2v) is 10.8. The lowest BCUT2D eigenvalue weighted by molar-refractivity contribution is 0.0802. The van der Waals surface area contributed by atoms with Crippen LogP contribution in [0.4, 0.5) is 0 Å². The molecule has 7 nitrogen and oxygen atoms in total. The third-order valence-electron chi connectivity index (χ3n) is 7.31. The summed E-state index contributed by atoms with van der Waals surface area (Å²) >= 11 is 6.40. The second kappa shape index (κ2) is 10.8. The Hall–Kier alpha value is -3.81. The number of para-hydroxylation sites is 1. The maximum Gasteiger partial charge on any atom is 0.255 e. The molecule has 0 fully saturated rings. The van der Waals surface area contributed by atoms with Gasteiger partial charge in [-0.25, -0.2) is 0 Å². The molecule has 1 atom stereocenters. The third-order valence-corrected chi connectivity index (χ3v) is 7.63. The van der Waals surface area contributed by atoms with Crippen molar-refractivity contribution in [3.8, 4) is 16.9 Å². The van der Waals surface area contributed by atoms with Gasteiger partial charge in [-0.3, -0.25) is 9.59 Å². The van der Waals surface area contributed by atoms with Crippen LogP contribution in [0.25, 0.3) is 22.0 Å². The van der Waals surface area contributed by atoms with Crippen LogP contribution in [-0.2, 0) is 12.8 Å². The number of amides is 2. The highest BCUT2D eigenvalue weighted by atomic mass is 35.5. The number of halogens is 1. The molecule has 1 heterocycles. The zero-order chi connectivity index (χ0) is 27.7. The maximum absolute atomic E-state index is 13.8. The van der Waals surface area contributed by atoms with Gasteiger partial charge in [0.1, 0.15) is 5.75 Å². The molecule has 0 saturated heterocycles. The number of aliphatic hydroxyl groups is 1. The third kappa shape index (κ3) is 5.24. The molecule has 0 bridgehead atoms. The average molecular weight is 546 g/mol. The van der Waals surface area contributed by atoms with Gasteiger partial charge in [0.25, 0.3) is 11.8 Å². The fourth-order valence-corrected chi connectivity index (χ4v) is 5.58. The van der Waals surface area contributed by atoms with E-state index in [0.717, 1.165) is 39.7 Å². The highest BCUT2D eigenvalue weighted by Gasteiger charge is 2.37. The Balaban J connectivity index is 1.48. The van der Waals surface area contributed by atoms with Gasteiger partial charge in [0.15, 0.2) is 0 Å². The number of fused-ring (bicyclic) bond motifs is 3. The number of aromatic amines is 1. The molecule has 0 radical (unpaired) electrons. The Morgan fingerprint density at radius 1 is 1.05 bits per heavy atom. The SMILES string of the molecule is CNC(=O)c1ccc(-c2ccc(OC(C)C)c(C(=O)NC3(CO)CCc4[nH]c5ccccc5c4C3)c2)cc1Cl. The number of aliphatic hydroxyl groups excluding tert-OH is 1. The second-order valence-electron chi connectivity index (χ2n) is 10.3. The molecular formula is C31H32ClN3O4. The molecule has 1 aromatic heterocycles. The predicted molar refractivity (Wildman–Crippen MR) is 154 cm³/mol. The monoisotopic (exact) mass is 545 g/mol. The minimum atomic E-state index is -0.807. The molecule has 1 aliphatic carbocycles. The van der Waals surface area contributed by atoms with Gasteiger partial charge in [0, 0.05) is 30.1 Å². The van der Waals surface area contributed by atoms with E-state index in [0.29, 0.717) is 34.7 Å². The first-order chi connectivity index (χ1) is 18.7. The van der Waals surface area contributed by atoms with Crippen LogP contribution < -0.4 is 15.4 Å². The predicted octanol–water partition coefficient (Wildman–Crippen LogP) is 5.28. The van der Waals surface area contributed by atoms with Gasteiger partial charge in [-0.1, -0.05) is 41.9 Å². The summed E-state index contributed by atoms with van der Waals surface area (Å²) in [6.07, 6.45) is 1.70. The van der Waals surface area contributed by atoms with E-state index in [-0.39, 0.29) is 24.5 Å². The summed E-state index contributed by atoms with van der Waals surface area (Å²) in [4.78, 5) is 29.4. The maximum atomic E-state index is 13.8. The van der Waals surface area contributed by atoms with E-state index >= 15 is 0 Å². The molecule has 4 N–H and O–H groups in total. The van der Waals surface area contributed by atoms with Crippen molar-refractivity contribution < 1.29 is 19.4 Å². The summed E-state index contributed by atoms with van der Waals surface area (Å²) in [6, 6.07) is 18.7. The quantitative estimate of drug-likeness (QED) is 0.253. The lowest BCUT2D eigenvalue weighted by Crippen LogP contribution is -2.54. The molecule has 8 heteroatoms. The van der Waals surface area contributed by atoms with Crippen molar-refractivity contribution in [2.45, 2.75) is 44.8 Å². The van der Waals surface area contributed by atoms with Gasteiger partial charge in [0.2, 0.25) is 0 Å². The molecule has 0 saturated carbocycles. The number of hydrogen-bond acceptors (Lipinski definition) is 4. The number of aromatic nitrogens is 1. The fraction of sp³-hybridized carbons (Fsp3) is 0.290. The molecule has 2 amide bonds. The van der Waals surface area contributed by atoms with Crippen molar-refractivity contribution in [3.63, 3.8) is 0 Å². The summed E-state index contributed by atoms with van der Waals surface area (Å²) in [5, 5.41) is 17.7. The number of hydrogen-bond donors (Lipinski definition) is 4. The minimum Gasteiger partial charge on any atom is -0.490 e. The van der Waals surface area contributed by atoms with Crippen LogP contribution in [0.15, 0.2) is 60.7 Å². The Kier molecular flexibility index (Phi) is 7.38. The van der Waals surface area contributed by atoms with Gasteiger partial charge in [-0.05, 0) is 73.7 Å². The smallest absolute Gasteiger partial charge is 0.255 e. The lowest BCUT2D eigenvalue weighted by Gasteiger charge is -2.37. The van der Waals surface area contributed by atoms with Crippen LogP contribution in [0.2, 0.25) is 5.02 Å². The van der Waals surface area contributed by atoms with E-state index in [4.69, 9.17) is 16.3 Å². The van der Waals surface area contributed by atoms with Gasteiger partial charge in [-0.2, -0.15) is 0 Å². The average Bonchev–Trinajstić information content (AvgIpc) is 3.30. The lowest BCUT2D eigenvalue weighted by atomic mass is 9.80. The van der Waals surface area contributed by atoms with E-state index in [2.05, 4.69) is 21.7 Å². The van der Waals surface area contributed by atoms with Crippen LogP contribution >= 0.6 is 11.6 Å². The molecule has 4 aromatic rings. The molecule has 0 aliphatic heterocycles. The first-order valence-electron chi connectivity index (χ1n) is 13.1. The number of benzene rings is 3. The molecule has 39 heavy (non-hydrogen) atoms. The molecule has 0 spiro atoms. The fourth-order valence-electron chi connectivity index (χ4n) is 5.31. The van der Waals surface area contributed by atoms with E-state index in [1.54, 1.807) is 37.4 Å². The summed E-state index contributed by atoms with van der Waals surface area (Å²) in [7, 11) is 1.55. The molecular weight excluding hydrogens is 514 g/mol. The van der Waals surface area contributed by atoms with Crippen molar-refractivity contribution >= 4 is 34.3 Å². The van der Waals surface area contributed by atoms with E-state index in [1.165, 1.54) is 0 Å². The Morgan fingerprint density at radius 2 is 1.79 bits per heavy atom. The van der Waals surface area contributed by atoms with Crippen LogP contribution in [0.1, 0.15) is 52.2 Å². The number of rotatable bonds is 7. The summed E-state index contributed by atoms with van der Waals surface area (Å²) in [5.74, 6) is -0.138. The first-order valence-corrected chi connectivity index (χ1v) is 13.5. The topological polar surface area (TPSA) is 103 Å². The van der Waals surface area contributed by atoms with Crippen LogP contribution in [0.5, 0.6) is 5.75 Å². The minimum absolute atomic E-state index is 0.140. The van der Waals surface area contributed by atoms with E-state index < -0.39 is 5.54 Å². The summed E-state index contributed by atoms with van der Waals surface area (Å²) in [5.41, 5.74) is 4.78. The van der Waals surface area contributed by atoms with Crippen molar-refractivity contribution in [2.75, 3.05) is 13.7 Å². The zero-order valence-corrected chi connectivity index (χ0v) is 23.0. The molecule has 1 aliphatic rings. The number of H-pyrrole nitrogens is 1. The number of nitrogens with one attached hydrogen (secondary N) is 3. The highest BCUT2D eigenvalue weighted by Crippen LogP contribution is 2.35. The number of ether oxygens (including phenoxy) is 1. The van der Waals surface area contributed by atoms with Crippen LogP contribution in [-0.4, -0.2) is 47.2 Å². The zero-order valence-electron chi connectivity index (χ0n) is 22.2. The molecule has 5 rings (SSSR count). The summed E-state index contributed by atoms with van der Waals surface area (Å²) in [6.45, 7) is 3.62. The standard InChI is InChI=1S/C31H32ClN3O4/c1-18(2)39-28-11-9-19(20-8-10-22(25(32)15-20)29(37)33-3)14-23(28)30(38)35-31(17-36)13-12-27-24(16-31)21-6-4-5-7-26(21)34-27/h4-11,14-15,18,34,36H,12-13,16-17H2,1-3H3,(H,33,37)(H,35,38). The van der Waals surface area contributed by atoms with Crippen molar-refractivity contribution in [3.05, 3.63) is 88.1 Å². The van der Waals surface area contributed by atoms with Crippen LogP contribution in [0.3, 0.4) is 0 Å².